The van der Waals surface area contributed by atoms with E-state index in [1.165, 1.54) is 11.1 Å². The van der Waals surface area contributed by atoms with E-state index in [4.69, 9.17) is 4.42 Å². The predicted molar refractivity (Wildman–Crippen MR) is 82.5 cm³/mol. The number of rotatable bonds is 5. The van der Waals surface area contributed by atoms with Crippen LogP contribution in [0.2, 0.25) is 0 Å². The van der Waals surface area contributed by atoms with Crippen molar-refractivity contribution in [3.63, 3.8) is 0 Å². The largest absolute Gasteiger partial charge is 0.464 e. The van der Waals surface area contributed by atoms with Crippen molar-refractivity contribution >= 4 is 15.9 Å². The Balaban J connectivity index is 2.33. The molecule has 0 aliphatic rings. The van der Waals surface area contributed by atoms with Crippen molar-refractivity contribution in [2.45, 2.75) is 33.2 Å². The van der Waals surface area contributed by atoms with E-state index < -0.39 is 0 Å². The van der Waals surface area contributed by atoms with Crippen LogP contribution >= 0.6 is 15.9 Å². The summed E-state index contributed by atoms with van der Waals surface area (Å²) in [6, 6.07) is 10.6. The smallest absolute Gasteiger partial charge is 0.125 e. The van der Waals surface area contributed by atoms with Crippen LogP contribution in [0.3, 0.4) is 0 Å². The fourth-order valence-corrected chi connectivity index (χ4v) is 2.37. The van der Waals surface area contributed by atoms with Crippen molar-refractivity contribution in [2.75, 3.05) is 6.54 Å². The second-order valence-electron chi connectivity index (χ2n) is 4.84. The van der Waals surface area contributed by atoms with E-state index in [9.17, 15) is 0 Å². The zero-order valence-corrected chi connectivity index (χ0v) is 13.3. The Morgan fingerprint density at radius 1 is 1.21 bits per heavy atom. The number of furan rings is 1. The first-order valence-electron chi connectivity index (χ1n) is 6.67. The quantitative estimate of drug-likeness (QED) is 0.859. The number of hydrogen-bond donors (Lipinski definition) is 1. The monoisotopic (exact) mass is 321 g/mol. The highest BCUT2D eigenvalue weighted by Gasteiger charge is 2.17. The molecule has 0 bridgehead atoms. The molecular weight excluding hydrogens is 302 g/mol. The molecule has 0 saturated heterocycles. The fourth-order valence-electron chi connectivity index (χ4n) is 2.13. The molecule has 0 radical (unpaired) electrons. The van der Waals surface area contributed by atoms with Crippen LogP contribution in [-0.4, -0.2) is 6.54 Å². The summed E-state index contributed by atoms with van der Waals surface area (Å²) in [5, 5.41) is 3.55. The summed E-state index contributed by atoms with van der Waals surface area (Å²) >= 11 is 3.55. The maximum absolute atomic E-state index is 5.79. The summed E-state index contributed by atoms with van der Waals surface area (Å²) in [7, 11) is 0. The van der Waals surface area contributed by atoms with Crippen molar-refractivity contribution in [1.82, 2.24) is 5.32 Å². The van der Waals surface area contributed by atoms with Gasteiger partial charge in [0.15, 0.2) is 0 Å². The molecule has 3 heteroatoms. The molecular formula is C16H20BrNO. The minimum Gasteiger partial charge on any atom is -0.464 e. The van der Waals surface area contributed by atoms with Crippen molar-refractivity contribution in [3.05, 3.63) is 57.5 Å². The second kappa shape index (κ2) is 6.40. The first kappa shape index (κ1) is 14.4. The molecule has 1 N–H and O–H groups in total. The third-order valence-electron chi connectivity index (χ3n) is 3.16. The zero-order valence-electron chi connectivity index (χ0n) is 11.7. The van der Waals surface area contributed by atoms with Gasteiger partial charge >= 0.3 is 0 Å². The van der Waals surface area contributed by atoms with Gasteiger partial charge < -0.3 is 9.73 Å². The Morgan fingerprint density at radius 3 is 2.58 bits per heavy atom. The number of nitrogens with one attached hydrogen (secondary N) is 1. The van der Waals surface area contributed by atoms with Crippen LogP contribution in [-0.2, 0) is 0 Å². The third-order valence-corrected chi connectivity index (χ3v) is 4.05. The van der Waals surface area contributed by atoms with Gasteiger partial charge in [0.2, 0.25) is 0 Å². The summed E-state index contributed by atoms with van der Waals surface area (Å²) in [6.45, 7) is 7.23. The van der Waals surface area contributed by atoms with Crippen LogP contribution in [0.25, 0.3) is 0 Å². The Labute approximate surface area is 123 Å². The molecule has 1 atom stereocenters. The van der Waals surface area contributed by atoms with E-state index in [2.05, 4.69) is 59.4 Å². The average Bonchev–Trinajstić information content (AvgIpc) is 2.80. The standard InChI is InChI=1S/C16H20BrNO/c1-4-9-18-16(15-8-5-12(3)19-15)13-6-7-14(17)11(2)10-13/h5-8,10,16,18H,4,9H2,1-3H3. The highest BCUT2D eigenvalue weighted by atomic mass is 79.9. The normalized spacial score (nSPS) is 12.6. The molecule has 0 spiro atoms. The number of benzene rings is 1. The van der Waals surface area contributed by atoms with Crippen LogP contribution in [0, 0.1) is 13.8 Å². The van der Waals surface area contributed by atoms with Crippen LogP contribution < -0.4 is 5.32 Å². The molecule has 0 aliphatic carbocycles. The maximum atomic E-state index is 5.79. The zero-order chi connectivity index (χ0) is 13.8. The van der Waals surface area contributed by atoms with Crippen molar-refractivity contribution < 1.29 is 4.42 Å². The Morgan fingerprint density at radius 2 is 2.00 bits per heavy atom. The highest BCUT2D eigenvalue weighted by Crippen LogP contribution is 2.27. The SMILES string of the molecule is CCCNC(c1ccc(Br)c(C)c1)c1ccc(C)o1. The Kier molecular flexibility index (Phi) is 4.83. The molecule has 1 heterocycles. The van der Waals surface area contributed by atoms with Crippen molar-refractivity contribution in [2.24, 2.45) is 0 Å². The van der Waals surface area contributed by atoms with Crippen LogP contribution in [0.1, 0.15) is 42.0 Å². The summed E-state index contributed by atoms with van der Waals surface area (Å²) < 4.78 is 6.93. The minimum absolute atomic E-state index is 0.125. The highest BCUT2D eigenvalue weighted by molar-refractivity contribution is 9.10. The van der Waals surface area contributed by atoms with Gasteiger partial charge in [-0.25, -0.2) is 0 Å². The molecule has 2 nitrogen and oxygen atoms in total. The maximum Gasteiger partial charge on any atom is 0.125 e. The van der Waals surface area contributed by atoms with Crippen molar-refractivity contribution in [3.8, 4) is 0 Å². The summed E-state index contributed by atoms with van der Waals surface area (Å²) in [5.74, 6) is 1.93. The molecule has 2 rings (SSSR count). The number of aryl methyl sites for hydroxylation is 2. The molecule has 19 heavy (non-hydrogen) atoms. The lowest BCUT2D eigenvalue weighted by molar-refractivity contribution is 0.430. The predicted octanol–water partition coefficient (Wildman–Crippen LogP) is 4.75. The van der Waals surface area contributed by atoms with Gasteiger partial charge in [-0.3, -0.25) is 0 Å². The summed E-state index contributed by atoms with van der Waals surface area (Å²) in [5.41, 5.74) is 2.48. The van der Waals surface area contributed by atoms with Gasteiger partial charge in [0.05, 0.1) is 6.04 Å². The molecule has 0 fully saturated rings. The molecule has 1 aromatic heterocycles. The molecule has 0 saturated carbocycles. The van der Waals surface area contributed by atoms with Crippen LogP contribution in [0.15, 0.2) is 39.2 Å². The molecule has 1 unspecified atom stereocenters. The van der Waals surface area contributed by atoms with E-state index in [0.717, 1.165) is 29.0 Å². The number of halogens is 1. The van der Waals surface area contributed by atoms with Crippen LogP contribution in [0.4, 0.5) is 0 Å². The van der Waals surface area contributed by atoms with Gasteiger partial charge in [0.1, 0.15) is 11.5 Å². The molecule has 102 valence electrons. The summed E-state index contributed by atoms with van der Waals surface area (Å²) in [4.78, 5) is 0. The first-order chi connectivity index (χ1) is 9.11. The van der Waals surface area contributed by atoms with E-state index in [0.29, 0.717) is 0 Å². The first-order valence-corrected chi connectivity index (χ1v) is 7.47. The third kappa shape index (κ3) is 3.48. The molecule has 0 aliphatic heterocycles. The van der Waals surface area contributed by atoms with E-state index in [1.54, 1.807) is 0 Å². The number of hydrogen-bond acceptors (Lipinski definition) is 2. The topological polar surface area (TPSA) is 25.2 Å². The van der Waals surface area contributed by atoms with Gasteiger partial charge in [-0.1, -0.05) is 35.0 Å². The second-order valence-corrected chi connectivity index (χ2v) is 5.70. The van der Waals surface area contributed by atoms with Gasteiger partial charge in [0.25, 0.3) is 0 Å². The van der Waals surface area contributed by atoms with Gasteiger partial charge in [0, 0.05) is 4.47 Å². The minimum atomic E-state index is 0.125. The lowest BCUT2D eigenvalue weighted by atomic mass is 10.0. The van der Waals surface area contributed by atoms with Crippen molar-refractivity contribution in [1.29, 1.82) is 0 Å². The molecule has 2 aromatic rings. The van der Waals surface area contributed by atoms with E-state index >= 15 is 0 Å². The van der Waals surface area contributed by atoms with Gasteiger partial charge in [-0.2, -0.15) is 0 Å². The molecule has 1 aromatic carbocycles. The van der Waals surface area contributed by atoms with E-state index in [1.807, 2.05) is 13.0 Å². The van der Waals surface area contributed by atoms with Gasteiger partial charge in [-0.15, -0.1) is 0 Å². The lowest BCUT2D eigenvalue weighted by Gasteiger charge is -2.17. The average molecular weight is 322 g/mol. The Bertz CT molecular complexity index is 547. The Hall–Kier alpha value is -1.06. The lowest BCUT2D eigenvalue weighted by Crippen LogP contribution is -2.22. The fraction of sp³-hybridized carbons (Fsp3) is 0.375. The van der Waals surface area contributed by atoms with Gasteiger partial charge in [-0.05, 0) is 56.1 Å². The van der Waals surface area contributed by atoms with Crippen LogP contribution in [0.5, 0.6) is 0 Å². The summed E-state index contributed by atoms with van der Waals surface area (Å²) in [6.07, 6.45) is 1.10. The van der Waals surface area contributed by atoms with E-state index in [-0.39, 0.29) is 6.04 Å². The molecule has 0 amide bonds.